The van der Waals surface area contributed by atoms with Gasteiger partial charge in [-0.25, -0.2) is 9.48 Å². The minimum absolute atomic E-state index is 0.0491. The van der Waals surface area contributed by atoms with E-state index in [9.17, 15) is 19.5 Å². The van der Waals surface area contributed by atoms with Crippen LogP contribution in [0, 0.1) is 0 Å². The molecule has 0 atom stereocenters. The lowest BCUT2D eigenvalue weighted by Crippen LogP contribution is -2.28. The Morgan fingerprint density at radius 3 is 2.47 bits per heavy atom. The Bertz CT molecular complexity index is 1150. The van der Waals surface area contributed by atoms with E-state index in [1.54, 1.807) is 24.3 Å². The van der Waals surface area contributed by atoms with Crippen LogP contribution in [0.1, 0.15) is 45.8 Å². The van der Waals surface area contributed by atoms with E-state index in [4.69, 9.17) is 4.74 Å². The summed E-state index contributed by atoms with van der Waals surface area (Å²) in [7, 11) is 0. The minimum Gasteiger partial charge on any atom is -0.452 e. The van der Waals surface area contributed by atoms with Crippen molar-refractivity contribution in [2.75, 3.05) is 13.2 Å². The molecule has 0 aliphatic carbocycles. The molecule has 0 unspecified atom stereocenters. The van der Waals surface area contributed by atoms with E-state index in [0.717, 1.165) is 22.2 Å². The number of ketones is 1. The van der Waals surface area contributed by atoms with Gasteiger partial charge in [0.25, 0.3) is 5.56 Å². The van der Waals surface area contributed by atoms with Crippen LogP contribution in [0.25, 0.3) is 10.8 Å². The molecule has 3 aromatic rings. The summed E-state index contributed by atoms with van der Waals surface area (Å²) in [5.74, 6) is -1.08. The molecule has 0 fully saturated rings. The summed E-state index contributed by atoms with van der Waals surface area (Å²) >= 11 is 0. The first kappa shape index (κ1) is 21.4. The zero-order chi connectivity index (χ0) is 21.7. The lowest BCUT2D eigenvalue weighted by Gasteiger charge is -2.11. The highest BCUT2D eigenvalue weighted by Gasteiger charge is 2.20. The normalized spacial score (nSPS) is 10.9. The van der Waals surface area contributed by atoms with Gasteiger partial charge >= 0.3 is 5.97 Å². The Kier molecular flexibility index (Phi) is 6.74. The van der Waals surface area contributed by atoms with Crippen molar-refractivity contribution in [3.63, 3.8) is 0 Å². The van der Waals surface area contributed by atoms with Crippen LogP contribution in [0.4, 0.5) is 0 Å². The number of aliphatic hydroxyl groups excluding tert-OH is 1. The van der Waals surface area contributed by atoms with Crippen molar-refractivity contribution in [3.8, 4) is 0 Å². The molecular formula is C23H24N2O5. The highest BCUT2D eigenvalue weighted by Crippen LogP contribution is 2.17. The van der Waals surface area contributed by atoms with Crippen LogP contribution in [-0.4, -0.2) is 39.9 Å². The van der Waals surface area contributed by atoms with Gasteiger partial charge in [-0.15, -0.1) is 0 Å². The number of fused-ring (bicyclic) bond motifs is 1. The van der Waals surface area contributed by atoms with Crippen LogP contribution in [-0.2, 0) is 24.1 Å². The third-order valence-corrected chi connectivity index (χ3v) is 4.97. The van der Waals surface area contributed by atoms with Gasteiger partial charge in [0.15, 0.2) is 12.3 Å². The monoisotopic (exact) mass is 408 g/mol. The number of esters is 1. The molecule has 1 N–H and O–H groups in total. The molecule has 0 saturated heterocycles. The number of hydrogen-bond acceptors (Lipinski definition) is 6. The molecule has 0 radical (unpaired) electrons. The maximum atomic E-state index is 12.7. The third kappa shape index (κ3) is 4.31. The van der Waals surface area contributed by atoms with E-state index in [-0.39, 0.29) is 24.6 Å². The second-order valence-corrected chi connectivity index (χ2v) is 6.84. The first-order chi connectivity index (χ1) is 14.5. The first-order valence-electron chi connectivity index (χ1n) is 9.93. The zero-order valence-electron chi connectivity index (χ0n) is 17.1. The number of Topliss-reactive ketones (excluding diaryl/α,β-unsaturated/α-hetero) is 1. The van der Waals surface area contributed by atoms with Crippen molar-refractivity contribution in [1.82, 2.24) is 9.78 Å². The van der Waals surface area contributed by atoms with Crippen LogP contribution in [0.5, 0.6) is 0 Å². The summed E-state index contributed by atoms with van der Waals surface area (Å²) in [5, 5.41) is 13.9. The van der Waals surface area contributed by atoms with Crippen molar-refractivity contribution < 1.29 is 19.4 Å². The molecule has 7 heteroatoms. The number of rotatable bonds is 8. The Balaban J connectivity index is 1.88. The summed E-state index contributed by atoms with van der Waals surface area (Å²) in [6, 6.07) is 12.3. The van der Waals surface area contributed by atoms with Gasteiger partial charge in [0.1, 0.15) is 0 Å². The number of aliphatic hydroxyl groups is 1. The fourth-order valence-corrected chi connectivity index (χ4v) is 3.32. The summed E-state index contributed by atoms with van der Waals surface area (Å²) in [4.78, 5) is 37.9. The molecule has 7 nitrogen and oxygen atoms in total. The molecule has 30 heavy (non-hydrogen) atoms. The molecule has 1 aromatic heterocycles. The summed E-state index contributed by atoms with van der Waals surface area (Å²) in [6.45, 7) is 3.20. The Morgan fingerprint density at radius 1 is 1.07 bits per heavy atom. The van der Waals surface area contributed by atoms with E-state index in [0.29, 0.717) is 22.8 Å². The number of benzene rings is 2. The van der Waals surface area contributed by atoms with Crippen LogP contribution in [0.2, 0.25) is 0 Å². The average Bonchev–Trinajstić information content (AvgIpc) is 2.78. The minimum atomic E-state index is -0.795. The topological polar surface area (TPSA) is 98.5 Å². The molecule has 0 amide bonds. The second kappa shape index (κ2) is 9.45. The highest BCUT2D eigenvalue weighted by molar-refractivity contribution is 6.04. The average molecular weight is 408 g/mol. The fourth-order valence-electron chi connectivity index (χ4n) is 3.32. The van der Waals surface area contributed by atoms with Gasteiger partial charge < -0.3 is 9.84 Å². The second-order valence-electron chi connectivity index (χ2n) is 6.84. The quantitative estimate of drug-likeness (QED) is 0.454. The molecule has 0 bridgehead atoms. The Hall–Kier alpha value is -3.32. The van der Waals surface area contributed by atoms with E-state index in [1.165, 1.54) is 0 Å². The number of aryl methyl sites for hydroxylation is 2. The molecular weight excluding hydrogens is 384 g/mol. The van der Waals surface area contributed by atoms with Crippen LogP contribution in [0.15, 0.2) is 47.3 Å². The van der Waals surface area contributed by atoms with Crippen molar-refractivity contribution in [1.29, 1.82) is 0 Å². The number of ether oxygens (including phenoxy) is 1. The number of aromatic nitrogens is 2. The van der Waals surface area contributed by atoms with Gasteiger partial charge in [-0.3, -0.25) is 9.59 Å². The first-order valence-corrected chi connectivity index (χ1v) is 9.93. The molecule has 0 spiro atoms. The fraction of sp³-hybridized carbons (Fsp3) is 0.304. The van der Waals surface area contributed by atoms with Gasteiger partial charge in [-0.05, 0) is 36.1 Å². The molecule has 2 aromatic carbocycles. The van der Waals surface area contributed by atoms with Crippen LogP contribution in [0.3, 0.4) is 0 Å². The molecule has 156 valence electrons. The van der Waals surface area contributed by atoms with E-state index < -0.39 is 18.1 Å². The van der Waals surface area contributed by atoms with E-state index >= 15 is 0 Å². The smallest absolute Gasteiger partial charge is 0.359 e. The van der Waals surface area contributed by atoms with Gasteiger partial charge in [0, 0.05) is 10.9 Å². The van der Waals surface area contributed by atoms with Gasteiger partial charge in [0.2, 0.25) is 5.78 Å². The lowest BCUT2D eigenvalue weighted by atomic mass is 9.98. The van der Waals surface area contributed by atoms with Gasteiger partial charge in [0.05, 0.1) is 18.5 Å². The molecule has 1 heterocycles. The summed E-state index contributed by atoms with van der Waals surface area (Å²) < 4.78 is 6.30. The Labute approximate surface area is 173 Å². The van der Waals surface area contributed by atoms with Crippen LogP contribution >= 0.6 is 0 Å². The largest absolute Gasteiger partial charge is 0.452 e. The maximum Gasteiger partial charge on any atom is 0.359 e. The maximum absolute atomic E-state index is 12.7. The lowest BCUT2D eigenvalue weighted by molar-refractivity contribution is 0.0468. The number of carbonyl (C=O) groups is 2. The van der Waals surface area contributed by atoms with Crippen molar-refractivity contribution >= 4 is 22.5 Å². The molecule has 0 saturated carbocycles. The van der Waals surface area contributed by atoms with Crippen LogP contribution < -0.4 is 5.56 Å². The zero-order valence-corrected chi connectivity index (χ0v) is 17.1. The number of nitrogens with zero attached hydrogens (tertiary/aromatic N) is 2. The van der Waals surface area contributed by atoms with E-state index in [2.05, 4.69) is 5.10 Å². The SMILES string of the molecule is CCc1ccc(CC)c(C(=O)COC(=O)c2nn(CCO)c(=O)c3ccccc23)c1. The third-order valence-electron chi connectivity index (χ3n) is 4.97. The van der Waals surface area contributed by atoms with Crippen molar-refractivity contribution in [3.05, 3.63) is 75.2 Å². The Morgan fingerprint density at radius 2 is 1.80 bits per heavy atom. The van der Waals surface area contributed by atoms with Crippen molar-refractivity contribution in [2.45, 2.75) is 33.2 Å². The number of carbonyl (C=O) groups excluding carboxylic acids is 2. The predicted octanol–water partition coefficient (Wildman–Crippen LogP) is 2.55. The summed E-state index contributed by atoms with van der Waals surface area (Å²) in [5.41, 5.74) is 2.01. The van der Waals surface area contributed by atoms with Gasteiger partial charge in [-0.1, -0.05) is 44.2 Å². The highest BCUT2D eigenvalue weighted by atomic mass is 16.5. The standard InChI is InChI=1S/C23H24N2O5/c1-3-15-9-10-16(4-2)19(13-15)20(27)14-30-23(29)21-17-7-5-6-8-18(17)22(28)25(24-21)11-12-26/h5-10,13,26H,3-4,11-12,14H2,1-2H3. The molecule has 0 aliphatic heterocycles. The van der Waals surface area contributed by atoms with Crippen molar-refractivity contribution in [2.24, 2.45) is 0 Å². The molecule has 3 rings (SSSR count). The van der Waals surface area contributed by atoms with E-state index in [1.807, 2.05) is 32.0 Å². The van der Waals surface area contributed by atoms with Gasteiger partial charge in [-0.2, -0.15) is 5.10 Å². The number of hydrogen-bond donors (Lipinski definition) is 1. The molecule has 0 aliphatic rings. The predicted molar refractivity (Wildman–Crippen MR) is 113 cm³/mol. The summed E-state index contributed by atoms with van der Waals surface area (Å²) in [6.07, 6.45) is 1.49.